The summed E-state index contributed by atoms with van der Waals surface area (Å²) >= 11 is 5.78. The SMILES string of the molecule is COC(=O)NC(=O)CN[C@H](C)c1ccc(Cl)cc1. The van der Waals surface area contributed by atoms with Gasteiger partial charge in [-0.2, -0.15) is 0 Å². The summed E-state index contributed by atoms with van der Waals surface area (Å²) < 4.78 is 4.31. The molecule has 0 saturated heterocycles. The molecule has 0 spiro atoms. The molecular formula is C12H15ClN2O3. The molecule has 18 heavy (non-hydrogen) atoms. The lowest BCUT2D eigenvalue weighted by atomic mass is 10.1. The quantitative estimate of drug-likeness (QED) is 0.877. The number of nitrogens with one attached hydrogen (secondary N) is 2. The normalized spacial score (nSPS) is 11.7. The summed E-state index contributed by atoms with van der Waals surface area (Å²) in [7, 11) is 1.20. The first kappa shape index (κ1) is 14.5. The number of alkyl carbamates (subject to hydrolysis) is 1. The summed E-state index contributed by atoms with van der Waals surface area (Å²) in [6, 6.07) is 7.29. The van der Waals surface area contributed by atoms with Crippen LogP contribution >= 0.6 is 11.6 Å². The van der Waals surface area contributed by atoms with Crippen molar-refractivity contribution in [2.75, 3.05) is 13.7 Å². The zero-order valence-electron chi connectivity index (χ0n) is 10.2. The Morgan fingerprint density at radius 1 is 1.33 bits per heavy atom. The lowest BCUT2D eigenvalue weighted by Gasteiger charge is -2.13. The van der Waals surface area contributed by atoms with Gasteiger partial charge in [0.05, 0.1) is 13.7 Å². The first-order chi connectivity index (χ1) is 8.52. The van der Waals surface area contributed by atoms with Crippen molar-refractivity contribution >= 4 is 23.6 Å². The molecule has 0 heterocycles. The second-order valence-electron chi connectivity index (χ2n) is 3.69. The highest BCUT2D eigenvalue weighted by Crippen LogP contribution is 2.15. The molecule has 0 bridgehead atoms. The van der Waals surface area contributed by atoms with Crippen LogP contribution < -0.4 is 10.6 Å². The molecule has 1 rings (SSSR count). The number of amides is 2. The van der Waals surface area contributed by atoms with Gasteiger partial charge in [0.15, 0.2) is 0 Å². The molecule has 0 aliphatic carbocycles. The monoisotopic (exact) mass is 270 g/mol. The van der Waals surface area contributed by atoms with E-state index in [0.717, 1.165) is 5.56 Å². The van der Waals surface area contributed by atoms with Crippen LogP contribution in [0.1, 0.15) is 18.5 Å². The maximum Gasteiger partial charge on any atom is 0.413 e. The zero-order chi connectivity index (χ0) is 13.5. The molecule has 0 fully saturated rings. The lowest BCUT2D eigenvalue weighted by molar-refractivity contribution is -0.119. The minimum Gasteiger partial charge on any atom is -0.453 e. The molecule has 1 aromatic rings. The van der Waals surface area contributed by atoms with E-state index in [0.29, 0.717) is 5.02 Å². The van der Waals surface area contributed by atoms with Crippen molar-refractivity contribution in [2.24, 2.45) is 0 Å². The van der Waals surface area contributed by atoms with E-state index in [4.69, 9.17) is 11.6 Å². The summed E-state index contributed by atoms with van der Waals surface area (Å²) in [5.74, 6) is -0.442. The summed E-state index contributed by atoms with van der Waals surface area (Å²) in [4.78, 5) is 22.1. The Morgan fingerprint density at radius 3 is 2.50 bits per heavy atom. The Kier molecular flexibility index (Phi) is 5.61. The highest BCUT2D eigenvalue weighted by Gasteiger charge is 2.10. The van der Waals surface area contributed by atoms with Crippen LogP contribution in [0.2, 0.25) is 5.02 Å². The topological polar surface area (TPSA) is 67.4 Å². The van der Waals surface area contributed by atoms with Gasteiger partial charge in [-0.05, 0) is 24.6 Å². The maximum atomic E-state index is 11.3. The lowest BCUT2D eigenvalue weighted by Crippen LogP contribution is -2.38. The van der Waals surface area contributed by atoms with Gasteiger partial charge in [-0.15, -0.1) is 0 Å². The van der Waals surface area contributed by atoms with Crippen LogP contribution in [0.3, 0.4) is 0 Å². The fourth-order valence-electron chi connectivity index (χ4n) is 1.32. The average Bonchev–Trinajstić information content (AvgIpc) is 2.36. The number of methoxy groups -OCH3 is 1. The molecule has 98 valence electrons. The summed E-state index contributed by atoms with van der Waals surface area (Å²) in [5, 5.41) is 5.71. The van der Waals surface area contributed by atoms with Crippen molar-refractivity contribution in [3.8, 4) is 0 Å². The number of ether oxygens (including phenoxy) is 1. The number of hydrogen-bond acceptors (Lipinski definition) is 4. The standard InChI is InChI=1S/C12H15ClN2O3/c1-8(9-3-5-10(13)6-4-9)14-7-11(16)15-12(17)18-2/h3-6,8,14H,7H2,1-2H3,(H,15,16,17)/t8-/m1/s1. The van der Waals surface area contributed by atoms with Gasteiger partial charge >= 0.3 is 6.09 Å². The number of carbonyl (C=O) groups excluding carboxylic acids is 2. The van der Waals surface area contributed by atoms with E-state index in [1.54, 1.807) is 12.1 Å². The number of halogens is 1. The molecule has 0 aliphatic heterocycles. The molecule has 6 heteroatoms. The third-order valence-electron chi connectivity index (χ3n) is 2.37. The van der Waals surface area contributed by atoms with E-state index in [2.05, 4.69) is 15.4 Å². The Bertz CT molecular complexity index is 420. The Hall–Kier alpha value is -1.59. The van der Waals surface area contributed by atoms with Gasteiger partial charge in [-0.1, -0.05) is 23.7 Å². The molecule has 1 atom stereocenters. The predicted molar refractivity (Wildman–Crippen MR) is 68.4 cm³/mol. The number of imide groups is 1. The van der Waals surface area contributed by atoms with Gasteiger partial charge < -0.3 is 10.1 Å². The Labute approximate surface area is 110 Å². The smallest absolute Gasteiger partial charge is 0.413 e. The minimum absolute atomic E-state index is 0.0225. The van der Waals surface area contributed by atoms with Gasteiger partial charge in [0, 0.05) is 11.1 Å². The summed E-state index contributed by atoms with van der Waals surface area (Å²) in [6.45, 7) is 1.94. The average molecular weight is 271 g/mol. The second-order valence-corrected chi connectivity index (χ2v) is 4.13. The van der Waals surface area contributed by atoms with Crippen LogP contribution in [0.5, 0.6) is 0 Å². The minimum atomic E-state index is -0.763. The van der Waals surface area contributed by atoms with E-state index in [1.165, 1.54) is 7.11 Å². The summed E-state index contributed by atoms with van der Waals surface area (Å²) in [6.07, 6.45) is -0.763. The highest BCUT2D eigenvalue weighted by atomic mass is 35.5. The predicted octanol–water partition coefficient (Wildman–Crippen LogP) is 1.87. The molecule has 2 amide bonds. The third-order valence-corrected chi connectivity index (χ3v) is 2.62. The van der Waals surface area contributed by atoms with Gasteiger partial charge in [0.2, 0.25) is 5.91 Å². The van der Waals surface area contributed by atoms with Crippen molar-refractivity contribution in [1.29, 1.82) is 0 Å². The molecule has 0 aliphatic rings. The molecule has 2 N–H and O–H groups in total. The van der Waals surface area contributed by atoms with Crippen molar-refractivity contribution < 1.29 is 14.3 Å². The fraction of sp³-hybridized carbons (Fsp3) is 0.333. The van der Waals surface area contributed by atoms with Crippen molar-refractivity contribution in [1.82, 2.24) is 10.6 Å². The first-order valence-corrected chi connectivity index (χ1v) is 5.77. The molecule has 0 aromatic heterocycles. The molecule has 0 unspecified atom stereocenters. The van der Waals surface area contributed by atoms with Crippen LogP contribution in [-0.4, -0.2) is 25.7 Å². The van der Waals surface area contributed by atoms with E-state index < -0.39 is 12.0 Å². The van der Waals surface area contributed by atoms with Gasteiger partial charge in [0.1, 0.15) is 0 Å². The number of carbonyl (C=O) groups is 2. The van der Waals surface area contributed by atoms with Crippen LogP contribution in [0.25, 0.3) is 0 Å². The van der Waals surface area contributed by atoms with Crippen LogP contribution in [0.15, 0.2) is 24.3 Å². The maximum absolute atomic E-state index is 11.3. The van der Waals surface area contributed by atoms with E-state index in [1.807, 2.05) is 19.1 Å². The van der Waals surface area contributed by atoms with Crippen LogP contribution in [0, 0.1) is 0 Å². The van der Waals surface area contributed by atoms with Crippen molar-refractivity contribution in [3.63, 3.8) is 0 Å². The van der Waals surface area contributed by atoms with Crippen molar-refractivity contribution in [3.05, 3.63) is 34.9 Å². The van der Waals surface area contributed by atoms with E-state index >= 15 is 0 Å². The molecule has 0 radical (unpaired) electrons. The second kappa shape index (κ2) is 6.98. The fourth-order valence-corrected chi connectivity index (χ4v) is 1.45. The molecular weight excluding hydrogens is 256 g/mol. The Balaban J connectivity index is 2.41. The van der Waals surface area contributed by atoms with Gasteiger partial charge in [-0.3, -0.25) is 10.1 Å². The Morgan fingerprint density at radius 2 is 1.94 bits per heavy atom. The third kappa shape index (κ3) is 4.73. The van der Waals surface area contributed by atoms with Crippen LogP contribution in [-0.2, 0) is 9.53 Å². The largest absolute Gasteiger partial charge is 0.453 e. The number of rotatable bonds is 4. The van der Waals surface area contributed by atoms with Gasteiger partial charge in [0.25, 0.3) is 0 Å². The van der Waals surface area contributed by atoms with Crippen molar-refractivity contribution in [2.45, 2.75) is 13.0 Å². The zero-order valence-corrected chi connectivity index (χ0v) is 11.0. The number of benzene rings is 1. The first-order valence-electron chi connectivity index (χ1n) is 5.39. The van der Waals surface area contributed by atoms with E-state index in [-0.39, 0.29) is 12.6 Å². The van der Waals surface area contributed by atoms with Crippen LogP contribution in [0.4, 0.5) is 4.79 Å². The van der Waals surface area contributed by atoms with E-state index in [9.17, 15) is 9.59 Å². The van der Waals surface area contributed by atoms with Gasteiger partial charge in [-0.25, -0.2) is 4.79 Å². The summed E-state index contributed by atoms with van der Waals surface area (Å²) in [5.41, 5.74) is 1.00. The molecule has 1 aromatic carbocycles. The molecule has 5 nitrogen and oxygen atoms in total. The number of hydrogen-bond donors (Lipinski definition) is 2. The highest BCUT2D eigenvalue weighted by molar-refractivity contribution is 6.30. The molecule has 0 saturated carbocycles.